The summed E-state index contributed by atoms with van der Waals surface area (Å²) in [6.45, 7) is 4.89. The Balaban J connectivity index is 1.46. The smallest absolute Gasteiger partial charge is 0.276 e. The largest absolute Gasteiger partial charge is 0.493 e. The summed E-state index contributed by atoms with van der Waals surface area (Å²) in [6, 6.07) is 16.9. The topological polar surface area (TPSA) is 74.6 Å². The van der Waals surface area contributed by atoms with Gasteiger partial charge in [-0.05, 0) is 49.7 Å². The van der Waals surface area contributed by atoms with Crippen molar-refractivity contribution in [3.05, 3.63) is 93.8 Å². The molecule has 0 fully saturated rings. The third-order valence-corrected chi connectivity index (χ3v) is 6.04. The molecule has 0 atom stereocenters. The molecule has 0 unspecified atom stereocenters. The van der Waals surface area contributed by atoms with Gasteiger partial charge in [0.1, 0.15) is 22.7 Å². The highest BCUT2D eigenvalue weighted by Gasteiger charge is 2.16. The van der Waals surface area contributed by atoms with E-state index >= 15 is 0 Å². The van der Waals surface area contributed by atoms with Crippen LogP contribution in [0.1, 0.15) is 31.2 Å². The summed E-state index contributed by atoms with van der Waals surface area (Å²) in [5, 5.41) is 5.23. The fourth-order valence-corrected chi connectivity index (χ4v) is 4.08. The van der Waals surface area contributed by atoms with Gasteiger partial charge in [0.05, 0.1) is 18.8 Å². The highest BCUT2D eigenvalue weighted by atomic mass is 35.5. The number of ether oxygens (including phenoxy) is 1. The first-order valence-corrected chi connectivity index (χ1v) is 11.9. The lowest BCUT2D eigenvalue weighted by atomic mass is 10.1. The van der Waals surface area contributed by atoms with E-state index in [0.717, 1.165) is 29.7 Å². The quantitative estimate of drug-likeness (QED) is 0.250. The number of oxazole rings is 1. The molecule has 0 N–H and O–H groups in total. The van der Waals surface area contributed by atoms with Crippen LogP contribution in [0.15, 0.2) is 76.2 Å². The number of hydrogen-bond donors (Lipinski definition) is 0. The van der Waals surface area contributed by atoms with Crippen LogP contribution in [0, 0.1) is 6.92 Å². The van der Waals surface area contributed by atoms with Gasteiger partial charge in [0.15, 0.2) is 0 Å². The minimum absolute atomic E-state index is 0.165. The predicted octanol–water partition coefficient (Wildman–Crippen LogP) is 6.01. The van der Waals surface area contributed by atoms with Crippen LogP contribution in [-0.2, 0) is 6.54 Å². The molecule has 35 heavy (non-hydrogen) atoms. The zero-order valence-electron chi connectivity index (χ0n) is 19.6. The Labute approximate surface area is 207 Å². The minimum atomic E-state index is -0.165. The summed E-state index contributed by atoms with van der Waals surface area (Å²) < 4.78 is 15.0. The molecule has 0 saturated heterocycles. The fraction of sp³-hybridized carbons (Fsp3) is 0.222. The van der Waals surface area contributed by atoms with Crippen LogP contribution in [0.5, 0.6) is 5.75 Å². The number of unbranched alkanes of at least 4 members (excludes halogenated alkanes) is 1. The summed E-state index contributed by atoms with van der Waals surface area (Å²) in [5.74, 6) is 1.89. The number of aryl methyl sites for hydroxylation is 1. The van der Waals surface area contributed by atoms with Gasteiger partial charge >= 0.3 is 0 Å². The summed E-state index contributed by atoms with van der Waals surface area (Å²) in [4.78, 5) is 17.9. The second kappa shape index (κ2) is 9.80. The van der Waals surface area contributed by atoms with Gasteiger partial charge in [0.2, 0.25) is 5.89 Å². The molecule has 8 heteroatoms. The molecule has 0 saturated carbocycles. The molecule has 0 radical (unpaired) electrons. The average molecular weight is 489 g/mol. The first-order chi connectivity index (χ1) is 17.0. The number of rotatable bonds is 8. The summed E-state index contributed by atoms with van der Waals surface area (Å²) in [5.41, 5.74) is 3.32. The Hall–Kier alpha value is -3.84. The van der Waals surface area contributed by atoms with Crippen LogP contribution >= 0.6 is 11.6 Å². The Bertz CT molecular complexity index is 1550. The number of nitrogens with zero attached hydrogens (tertiary/aromatic N) is 4. The molecular weight excluding hydrogens is 464 g/mol. The van der Waals surface area contributed by atoms with Crippen molar-refractivity contribution in [3.63, 3.8) is 0 Å². The summed E-state index contributed by atoms with van der Waals surface area (Å²) in [6.07, 6.45) is 5.52. The molecule has 0 aliphatic rings. The highest BCUT2D eigenvalue weighted by Crippen LogP contribution is 2.29. The van der Waals surface area contributed by atoms with Gasteiger partial charge in [-0.1, -0.05) is 43.1 Å². The summed E-state index contributed by atoms with van der Waals surface area (Å²) in [7, 11) is 0. The van der Waals surface area contributed by atoms with Gasteiger partial charge < -0.3 is 13.7 Å². The van der Waals surface area contributed by atoms with Crippen molar-refractivity contribution in [2.75, 3.05) is 6.61 Å². The van der Waals surface area contributed by atoms with Gasteiger partial charge in [0.25, 0.3) is 5.56 Å². The Morgan fingerprint density at radius 2 is 1.94 bits per heavy atom. The van der Waals surface area contributed by atoms with Crippen LogP contribution in [0.25, 0.3) is 28.2 Å². The first-order valence-electron chi connectivity index (χ1n) is 11.6. The second-order valence-electron chi connectivity index (χ2n) is 8.32. The maximum absolute atomic E-state index is 13.3. The zero-order valence-corrected chi connectivity index (χ0v) is 20.3. The zero-order chi connectivity index (χ0) is 24.4. The van der Waals surface area contributed by atoms with Crippen molar-refractivity contribution in [2.45, 2.75) is 33.2 Å². The van der Waals surface area contributed by atoms with E-state index in [0.29, 0.717) is 40.2 Å². The van der Waals surface area contributed by atoms with E-state index in [9.17, 15) is 4.79 Å². The van der Waals surface area contributed by atoms with E-state index in [4.69, 9.17) is 20.8 Å². The lowest BCUT2D eigenvalue weighted by Crippen LogP contribution is -2.22. The molecule has 2 aromatic carbocycles. The number of hydrogen-bond acceptors (Lipinski definition) is 5. The van der Waals surface area contributed by atoms with Crippen molar-refractivity contribution in [3.8, 4) is 28.5 Å². The lowest BCUT2D eigenvalue weighted by Gasteiger charge is -2.09. The van der Waals surface area contributed by atoms with Crippen molar-refractivity contribution in [1.29, 1.82) is 0 Å². The standard InChI is InChI=1S/C27H25ClN4O3/c1-3-4-14-34-25-11-6-5-10-21(25)22-16-24-27(33)31(12-13-32(24)30-22)17-23-18(2)35-26(29-23)19-8-7-9-20(28)15-19/h5-13,15-16H,3-4,14,17H2,1-2H3. The van der Waals surface area contributed by atoms with Crippen molar-refractivity contribution < 1.29 is 9.15 Å². The van der Waals surface area contributed by atoms with Crippen molar-refractivity contribution >= 4 is 17.1 Å². The molecule has 3 heterocycles. The molecule has 0 aliphatic heterocycles. The van der Waals surface area contributed by atoms with Gasteiger partial charge in [-0.15, -0.1) is 0 Å². The number of halogens is 1. The van der Waals surface area contributed by atoms with Gasteiger partial charge in [0, 0.05) is 28.5 Å². The SMILES string of the molecule is CCCCOc1ccccc1-c1cc2c(=O)n(Cc3nc(-c4cccc(Cl)c4)oc3C)ccn2n1. The second-order valence-corrected chi connectivity index (χ2v) is 8.76. The van der Waals surface area contributed by atoms with Crippen LogP contribution < -0.4 is 10.3 Å². The Kier molecular flexibility index (Phi) is 6.42. The first kappa shape index (κ1) is 22.9. The normalized spacial score (nSPS) is 11.3. The Morgan fingerprint density at radius 3 is 2.77 bits per heavy atom. The van der Waals surface area contributed by atoms with Crippen molar-refractivity contribution in [1.82, 2.24) is 19.2 Å². The molecule has 3 aromatic heterocycles. The van der Waals surface area contributed by atoms with Gasteiger partial charge in [-0.25, -0.2) is 9.50 Å². The van der Waals surface area contributed by atoms with Crippen LogP contribution in [-0.4, -0.2) is 25.8 Å². The summed E-state index contributed by atoms with van der Waals surface area (Å²) >= 11 is 6.10. The molecule has 5 aromatic rings. The number of para-hydroxylation sites is 1. The van der Waals surface area contributed by atoms with Crippen molar-refractivity contribution in [2.24, 2.45) is 0 Å². The number of fused-ring (bicyclic) bond motifs is 1. The van der Waals surface area contributed by atoms with E-state index in [-0.39, 0.29) is 12.1 Å². The molecule has 0 bridgehead atoms. The fourth-order valence-electron chi connectivity index (χ4n) is 3.89. The van der Waals surface area contributed by atoms with Gasteiger partial charge in [-0.3, -0.25) is 4.79 Å². The molecular formula is C27H25ClN4O3. The monoisotopic (exact) mass is 488 g/mol. The van der Waals surface area contributed by atoms with E-state index < -0.39 is 0 Å². The van der Waals surface area contributed by atoms with Crippen LogP contribution in [0.3, 0.4) is 0 Å². The maximum Gasteiger partial charge on any atom is 0.276 e. The molecule has 0 aliphatic carbocycles. The third-order valence-electron chi connectivity index (χ3n) is 5.81. The molecule has 7 nitrogen and oxygen atoms in total. The maximum atomic E-state index is 13.3. The molecule has 0 spiro atoms. The number of aromatic nitrogens is 4. The molecule has 178 valence electrons. The predicted molar refractivity (Wildman–Crippen MR) is 136 cm³/mol. The Morgan fingerprint density at radius 1 is 1.09 bits per heavy atom. The van der Waals surface area contributed by atoms with E-state index in [1.165, 1.54) is 0 Å². The minimum Gasteiger partial charge on any atom is -0.493 e. The van der Waals surface area contributed by atoms with E-state index in [1.807, 2.05) is 43.3 Å². The molecule has 0 amide bonds. The van der Waals surface area contributed by atoms with Crippen LogP contribution in [0.4, 0.5) is 0 Å². The van der Waals surface area contributed by atoms with Crippen LogP contribution in [0.2, 0.25) is 5.02 Å². The van der Waals surface area contributed by atoms with E-state index in [2.05, 4.69) is 17.0 Å². The van der Waals surface area contributed by atoms with E-state index in [1.54, 1.807) is 39.7 Å². The molecule has 5 rings (SSSR count). The van der Waals surface area contributed by atoms with Gasteiger partial charge in [-0.2, -0.15) is 5.10 Å². The highest BCUT2D eigenvalue weighted by molar-refractivity contribution is 6.30. The lowest BCUT2D eigenvalue weighted by molar-refractivity contribution is 0.310. The number of benzene rings is 2. The average Bonchev–Trinajstić information content (AvgIpc) is 3.46. The third kappa shape index (κ3) is 4.72.